The topological polar surface area (TPSA) is 52.0 Å². The third-order valence-corrected chi connectivity index (χ3v) is 3.08. The number of halogens is 1. The van der Waals surface area contributed by atoms with Crippen LogP contribution in [-0.4, -0.2) is 11.5 Å². The van der Waals surface area contributed by atoms with Gasteiger partial charge >= 0.3 is 0 Å². The Hall–Kier alpha value is -1.32. The first-order valence-electron chi connectivity index (χ1n) is 5.58. The largest absolute Gasteiger partial charge is 0.445 e. The second kappa shape index (κ2) is 5.34. The molecule has 1 atom stereocenters. The molecule has 3 nitrogen and oxygen atoms in total. The summed E-state index contributed by atoms with van der Waals surface area (Å²) < 4.78 is 5.65. The van der Waals surface area contributed by atoms with Crippen LogP contribution in [0.15, 0.2) is 34.9 Å². The summed E-state index contributed by atoms with van der Waals surface area (Å²) in [6.07, 6.45) is 2.35. The van der Waals surface area contributed by atoms with Crippen molar-refractivity contribution in [2.24, 2.45) is 5.73 Å². The molecule has 0 amide bonds. The van der Waals surface area contributed by atoms with Crippen molar-refractivity contribution in [2.75, 3.05) is 6.54 Å². The molecule has 0 fully saturated rings. The van der Waals surface area contributed by atoms with Gasteiger partial charge in [-0.05, 0) is 11.6 Å². The van der Waals surface area contributed by atoms with Crippen LogP contribution in [0.2, 0.25) is 5.02 Å². The summed E-state index contributed by atoms with van der Waals surface area (Å²) in [7, 11) is 0. The first-order chi connectivity index (χ1) is 8.20. The van der Waals surface area contributed by atoms with Gasteiger partial charge in [0.2, 0.25) is 0 Å². The Morgan fingerprint density at radius 1 is 1.41 bits per heavy atom. The summed E-state index contributed by atoms with van der Waals surface area (Å²) >= 11 is 6.08. The number of oxazole rings is 1. The third kappa shape index (κ3) is 2.87. The van der Waals surface area contributed by atoms with Gasteiger partial charge in [0, 0.05) is 17.5 Å². The highest BCUT2D eigenvalue weighted by Crippen LogP contribution is 2.21. The number of hydrogen-bond acceptors (Lipinski definition) is 3. The molecule has 1 unspecified atom stereocenters. The zero-order valence-electron chi connectivity index (χ0n) is 9.69. The maximum absolute atomic E-state index is 6.08. The highest BCUT2D eigenvalue weighted by molar-refractivity contribution is 6.31. The Labute approximate surface area is 106 Å². The molecule has 0 radical (unpaired) electrons. The van der Waals surface area contributed by atoms with Gasteiger partial charge in [0.1, 0.15) is 5.76 Å². The number of nitrogens with zero attached hydrogens (tertiary/aromatic N) is 1. The number of rotatable bonds is 4. The van der Waals surface area contributed by atoms with Crippen molar-refractivity contribution in [1.29, 1.82) is 0 Å². The summed E-state index contributed by atoms with van der Waals surface area (Å²) in [6.45, 7) is 2.57. The number of hydrogen-bond donors (Lipinski definition) is 1. The van der Waals surface area contributed by atoms with E-state index in [0.29, 0.717) is 18.9 Å². The van der Waals surface area contributed by atoms with Crippen molar-refractivity contribution >= 4 is 11.6 Å². The van der Waals surface area contributed by atoms with Crippen LogP contribution in [0.25, 0.3) is 0 Å². The molecule has 0 aliphatic carbocycles. The van der Waals surface area contributed by atoms with E-state index < -0.39 is 0 Å². The number of benzene rings is 1. The van der Waals surface area contributed by atoms with E-state index in [0.717, 1.165) is 16.3 Å². The van der Waals surface area contributed by atoms with E-state index in [-0.39, 0.29) is 5.92 Å². The zero-order valence-corrected chi connectivity index (χ0v) is 10.4. The third-order valence-electron chi connectivity index (χ3n) is 2.71. The van der Waals surface area contributed by atoms with E-state index in [1.54, 1.807) is 6.20 Å². The van der Waals surface area contributed by atoms with Crippen LogP contribution in [0.3, 0.4) is 0 Å². The molecule has 0 saturated heterocycles. The van der Waals surface area contributed by atoms with Gasteiger partial charge in [0.15, 0.2) is 5.89 Å². The van der Waals surface area contributed by atoms with Crippen molar-refractivity contribution in [1.82, 2.24) is 4.98 Å². The second-order valence-electron chi connectivity index (χ2n) is 4.06. The molecule has 4 heteroatoms. The summed E-state index contributed by atoms with van der Waals surface area (Å²) in [5, 5.41) is 0.735. The Bertz CT molecular complexity index is 496. The summed E-state index contributed by atoms with van der Waals surface area (Å²) in [5.74, 6) is 1.70. The van der Waals surface area contributed by atoms with Gasteiger partial charge in [-0.1, -0.05) is 36.7 Å². The standard InChI is InChI=1S/C13H15ClN2O/c1-9(7-15)12-8-16-13(17-12)6-10-4-2-3-5-11(10)14/h2-5,8-9H,6-7,15H2,1H3. The molecule has 1 aromatic carbocycles. The lowest BCUT2D eigenvalue weighted by Gasteiger charge is -2.03. The average Bonchev–Trinajstić information content (AvgIpc) is 2.80. The molecular weight excluding hydrogens is 236 g/mol. The maximum atomic E-state index is 6.08. The quantitative estimate of drug-likeness (QED) is 0.908. The predicted molar refractivity (Wildman–Crippen MR) is 68.2 cm³/mol. The fourth-order valence-corrected chi connectivity index (χ4v) is 1.76. The summed E-state index contributed by atoms with van der Waals surface area (Å²) in [4.78, 5) is 4.24. The molecule has 2 N–H and O–H groups in total. The van der Waals surface area contributed by atoms with Crippen molar-refractivity contribution in [2.45, 2.75) is 19.3 Å². The molecule has 0 bridgehead atoms. The van der Waals surface area contributed by atoms with Crippen LogP contribution < -0.4 is 5.73 Å². The van der Waals surface area contributed by atoms with Crippen molar-refractivity contribution < 1.29 is 4.42 Å². The Kier molecular flexibility index (Phi) is 3.82. The fourth-order valence-electron chi connectivity index (χ4n) is 1.55. The van der Waals surface area contributed by atoms with E-state index in [1.165, 1.54) is 0 Å². The second-order valence-corrected chi connectivity index (χ2v) is 4.47. The lowest BCUT2D eigenvalue weighted by Crippen LogP contribution is -2.07. The van der Waals surface area contributed by atoms with Gasteiger partial charge in [-0.2, -0.15) is 0 Å². The molecular formula is C13H15ClN2O. The molecule has 1 heterocycles. The van der Waals surface area contributed by atoms with Gasteiger partial charge in [0.05, 0.1) is 12.6 Å². The van der Waals surface area contributed by atoms with E-state index in [4.69, 9.17) is 21.8 Å². The monoisotopic (exact) mass is 250 g/mol. The Morgan fingerprint density at radius 2 is 2.18 bits per heavy atom. The minimum atomic E-state index is 0.197. The molecule has 90 valence electrons. The van der Waals surface area contributed by atoms with Gasteiger partial charge < -0.3 is 10.2 Å². The minimum absolute atomic E-state index is 0.197. The Morgan fingerprint density at radius 3 is 2.88 bits per heavy atom. The molecule has 0 aliphatic rings. The van der Waals surface area contributed by atoms with E-state index >= 15 is 0 Å². The number of aromatic nitrogens is 1. The van der Waals surface area contributed by atoms with Crippen LogP contribution in [0.5, 0.6) is 0 Å². The smallest absolute Gasteiger partial charge is 0.198 e. The van der Waals surface area contributed by atoms with E-state index in [9.17, 15) is 0 Å². The lowest BCUT2D eigenvalue weighted by atomic mass is 10.1. The van der Waals surface area contributed by atoms with Crippen molar-refractivity contribution in [3.63, 3.8) is 0 Å². The van der Waals surface area contributed by atoms with Crippen LogP contribution in [-0.2, 0) is 6.42 Å². The highest BCUT2D eigenvalue weighted by atomic mass is 35.5. The normalized spacial score (nSPS) is 12.6. The van der Waals surface area contributed by atoms with Crippen LogP contribution >= 0.6 is 11.6 Å². The van der Waals surface area contributed by atoms with Gasteiger partial charge in [-0.3, -0.25) is 0 Å². The molecule has 2 aromatic rings. The minimum Gasteiger partial charge on any atom is -0.445 e. The van der Waals surface area contributed by atoms with Crippen molar-refractivity contribution in [3.05, 3.63) is 52.7 Å². The highest BCUT2D eigenvalue weighted by Gasteiger charge is 2.11. The van der Waals surface area contributed by atoms with Crippen LogP contribution in [0.4, 0.5) is 0 Å². The number of nitrogens with two attached hydrogens (primary N) is 1. The first kappa shape index (κ1) is 12.1. The van der Waals surface area contributed by atoms with Crippen molar-refractivity contribution in [3.8, 4) is 0 Å². The molecule has 0 aliphatic heterocycles. The van der Waals surface area contributed by atoms with Crippen LogP contribution in [0.1, 0.15) is 30.1 Å². The zero-order chi connectivity index (χ0) is 12.3. The molecule has 0 spiro atoms. The molecule has 17 heavy (non-hydrogen) atoms. The lowest BCUT2D eigenvalue weighted by molar-refractivity contribution is 0.440. The molecule has 1 aromatic heterocycles. The van der Waals surface area contributed by atoms with E-state index in [2.05, 4.69) is 4.98 Å². The Balaban J connectivity index is 2.14. The molecule has 0 saturated carbocycles. The first-order valence-corrected chi connectivity index (χ1v) is 5.96. The van der Waals surface area contributed by atoms with Crippen LogP contribution in [0, 0.1) is 0 Å². The fraction of sp³-hybridized carbons (Fsp3) is 0.308. The predicted octanol–water partition coefficient (Wildman–Crippen LogP) is 2.98. The molecule has 2 rings (SSSR count). The van der Waals surface area contributed by atoms with Gasteiger partial charge in [-0.25, -0.2) is 4.98 Å². The SMILES string of the molecule is CC(CN)c1cnc(Cc2ccccc2Cl)o1. The summed E-state index contributed by atoms with van der Waals surface area (Å²) in [6, 6.07) is 7.69. The van der Waals surface area contributed by atoms with Gasteiger partial charge in [0.25, 0.3) is 0 Å². The summed E-state index contributed by atoms with van der Waals surface area (Å²) in [5.41, 5.74) is 6.60. The average molecular weight is 251 g/mol. The van der Waals surface area contributed by atoms with E-state index in [1.807, 2.05) is 31.2 Å². The van der Waals surface area contributed by atoms with Gasteiger partial charge in [-0.15, -0.1) is 0 Å². The maximum Gasteiger partial charge on any atom is 0.198 e.